The molecule has 150 valence electrons. The van der Waals surface area contributed by atoms with Crippen LogP contribution in [-0.4, -0.2) is 44.1 Å². The van der Waals surface area contributed by atoms with Gasteiger partial charge in [-0.1, -0.05) is 17.7 Å². The van der Waals surface area contributed by atoms with Crippen molar-refractivity contribution in [2.24, 2.45) is 0 Å². The molecule has 1 N–H and O–H groups in total. The van der Waals surface area contributed by atoms with Gasteiger partial charge in [0.2, 0.25) is 5.78 Å². The van der Waals surface area contributed by atoms with Crippen LogP contribution in [0.4, 0.5) is 0 Å². The van der Waals surface area contributed by atoms with E-state index in [0.717, 1.165) is 0 Å². The third-order valence-electron chi connectivity index (χ3n) is 4.42. The lowest BCUT2D eigenvalue weighted by Gasteiger charge is -2.03. The molecule has 8 nitrogen and oxygen atoms in total. The van der Waals surface area contributed by atoms with Crippen molar-refractivity contribution in [3.05, 3.63) is 63.2 Å². The van der Waals surface area contributed by atoms with E-state index in [4.69, 9.17) is 16.3 Å². The van der Waals surface area contributed by atoms with Crippen LogP contribution >= 0.6 is 11.6 Å². The van der Waals surface area contributed by atoms with Crippen LogP contribution in [-0.2, 0) is 4.74 Å². The second-order valence-electron chi connectivity index (χ2n) is 6.58. The molecule has 2 heterocycles. The van der Waals surface area contributed by atoms with Crippen molar-refractivity contribution < 1.29 is 19.1 Å². The van der Waals surface area contributed by atoms with Crippen LogP contribution in [0.15, 0.2) is 24.3 Å². The van der Waals surface area contributed by atoms with Crippen LogP contribution in [0.5, 0.6) is 0 Å². The molecule has 0 aliphatic heterocycles. The smallest absolute Gasteiger partial charge is 0.361 e. The van der Waals surface area contributed by atoms with E-state index in [1.807, 2.05) is 0 Å². The van der Waals surface area contributed by atoms with Crippen LogP contribution in [0, 0.1) is 20.8 Å². The molecular formula is C20H19ClN4O4. The molecule has 0 fully saturated rings. The van der Waals surface area contributed by atoms with E-state index in [9.17, 15) is 14.4 Å². The fraction of sp³-hybridized carbons (Fsp3) is 0.250. The summed E-state index contributed by atoms with van der Waals surface area (Å²) in [6.07, 6.45) is 0. The number of rotatable bonds is 6. The second-order valence-corrected chi connectivity index (χ2v) is 7.02. The topological polar surface area (TPSA) is 107 Å². The number of nitrogens with zero attached hydrogens (tertiary/aromatic N) is 3. The maximum Gasteiger partial charge on any atom is 0.361 e. The lowest BCUT2D eigenvalue weighted by Crippen LogP contribution is -2.16. The van der Waals surface area contributed by atoms with E-state index >= 15 is 0 Å². The minimum absolute atomic E-state index is 0.00147. The van der Waals surface area contributed by atoms with E-state index in [2.05, 4.69) is 15.2 Å². The molecule has 9 heteroatoms. The largest absolute Gasteiger partial charge is 0.452 e. The average molecular weight is 415 g/mol. The van der Waals surface area contributed by atoms with Gasteiger partial charge in [0.05, 0.1) is 17.1 Å². The van der Waals surface area contributed by atoms with Gasteiger partial charge in [0.1, 0.15) is 0 Å². The van der Waals surface area contributed by atoms with E-state index in [-0.39, 0.29) is 17.2 Å². The van der Waals surface area contributed by atoms with E-state index in [1.165, 1.54) is 11.7 Å². The first kappa shape index (κ1) is 20.5. The summed E-state index contributed by atoms with van der Waals surface area (Å²) in [5.74, 6) is -1.34. The van der Waals surface area contributed by atoms with Gasteiger partial charge in [-0.05, 0) is 51.5 Å². The van der Waals surface area contributed by atoms with Gasteiger partial charge in [0.25, 0.3) is 0 Å². The molecule has 0 amide bonds. The second kappa shape index (κ2) is 8.00. The van der Waals surface area contributed by atoms with Crippen molar-refractivity contribution in [2.75, 3.05) is 6.61 Å². The third kappa shape index (κ3) is 4.12. The minimum atomic E-state index is -0.767. The number of hydrogen-bond acceptors (Lipinski definition) is 6. The molecule has 0 saturated heterocycles. The lowest BCUT2D eigenvalue weighted by atomic mass is 10.1. The Kier molecular flexibility index (Phi) is 5.65. The van der Waals surface area contributed by atoms with Crippen LogP contribution in [0.25, 0.3) is 5.69 Å². The molecule has 0 bridgehead atoms. The number of Topliss-reactive ketones (excluding diaryl/α,β-unsaturated/α-hetero) is 2. The SMILES string of the molecule is CC(=O)c1c(C)[nH]c(C(=O)COC(=O)c2nn(-c3cccc(Cl)c3)nc2C)c1C. The van der Waals surface area contributed by atoms with E-state index in [0.29, 0.717) is 33.2 Å². The quantitative estimate of drug-likeness (QED) is 0.489. The standard InChI is InChI=1S/C20H19ClN4O4/c1-10-17(13(4)26)11(2)22-18(10)16(27)9-29-20(28)19-12(3)23-25(24-19)15-7-5-6-14(21)8-15/h5-8,22H,9H2,1-4H3. The summed E-state index contributed by atoms with van der Waals surface area (Å²) >= 11 is 5.97. The fourth-order valence-corrected chi connectivity index (χ4v) is 3.30. The number of nitrogens with one attached hydrogen (secondary N) is 1. The zero-order chi connectivity index (χ0) is 21.3. The summed E-state index contributed by atoms with van der Waals surface area (Å²) in [5, 5.41) is 8.84. The average Bonchev–Trinajstić information content (AvgIpc) is 3.19. The Morgan fingerprint density at radius 1 is 1.17 bits per heavy atom. The van der Waals surface area contributed by atoms with Crippen LogP contribution in [0.1, 0.15) is 55.2 Å². The van der Waals surface area contributed by atoms with Gasteiger partial charge in [0.15, 0.2) is 18.1 Å². The Morgan fingerprint density at radius 2 is 1.90 bits per heavy atom. The summed E-state index contributed by atoms with van der Waals surface area (Å²) < 4.78 is 5.13. The number of aromatic amines is 1. The van der Waals surface area contributed by atoms with Crippen LogP contribution in [0.3, 0.4) is 0 Å². The normalized spacial score (nSPS) is 10.8. The Balaban J connectivity index is 1.74. The Labute approximate surface area is 171 Å². The fourth-order valence-electron chi connectivity index (χ4n) is 3.11. The monoisotopic (exact) mass is 414 g/mol. The van der Waals surface area contributed by atoms with Crippen molar-refractivity contribution in [1.82, 2.24) is 20.0 Å². The summed E-state index contributed by atoms with van der Waals surface area (Å²) in [6.45, 7) is 5.95. The van der Waals surface area contributed by atoms with Crippen molar-refractivity contribution in [3.8, 4) is 5.69 Å². The predicted octanol–water partition coefficient (Wildman–Crippen LogP) is 3.42. The molecular weight excluding hydrogens is 396 g/mol. The number of esters is 1. The van der Waals surface area contributed by atoms with Crippen molar-refractivity contribution in [3.63, 3.8) is 0 Å². The maximum atomic E-state index is 12.5. The summed E-state index contributed by atoms with van der Waals surface area (Å²) in [6, 6.07) is 6.85. The molecule has 2 aromatic heterocycles. The number of ketones is 2. The van der Waals surface area contributed by atoms with Gasteiger partial charge in [-0.3, -0.25) is 9.59 Å². The number of carbonyl (C=O) groups excluding carboxylic acids is 3. The molecule has 29 heavy (non-hydrogen) atoms. The minimum Gasteiger partial charge on any atom is -0.452 e. The molecule has 0 spiro atoms. The summed E-state index contributed by atoms with van der Waals surface area (Å²) in [5.41, 5.74) is 2.81. The van der Waals surface area contributed by atoms with Gasteiger partial charge < -0.3 is 9.72 Å². The number of carbonyl (C=O) groups is 3. The highest BCUT2D eigenvalue weighted by Crippen LogP contribution is 2.19. The van der Waals surface area contributed by atoms with Gasteiger partial charge in [0, 0.05) is 16.3 Å². The van der Waals surface area contributed by atoms with Crippen molar-refractivity contribution in [2.45, 2.75) is 27.7 Å². The zero-order valence-electron chi connectivity index (χ0n) is 16.4. The van der Waals surface area contributed by atoms with Crippen LogP contribution in [0.2, 0.25) is 5.02 Å². The zero-order valence-corrected chi connectivity index (χ0v) is 17.1. The van der Waals surface area contributed by atoms with Crippen LogP contribution < -0.4 is 0 Å². The number of H-pyrrole nitrogens is 1. The highest BCUT2D eigenvalue weighted by atomic mass is 35.5. The van der Waals surface area contributed by atoms with Crippen molar-refractivity contribution >= 4 is 29.1 Å². The highest BCUT2D eigenvalue weighted by molar-refractivity contribution is 6.30. The molecule has 3 aromatic rings. The van der Waals surface area contributed by atoms with Gasteiger partial charge in [-0.2, -0.15) is 9.90 Å². The molecule has 0 radical (unpaired) electrons. The van der Waals surface area contributed by atoms with Gasteiger partial charge >= 0.3 is 5.97 Å². The predicted molar refractivity (Wildman–Crippen MR) is 106 cm³/mol. The molecule has 0 unspecified atom stereocenters. The highest BCUT2D eigenvalue weighted by Gasteiger charge is 2.23. The molecule has 0 atom stereocenters. The van der Waals surface area contributed by atoms with Crippen molar-refractivity contribution in [1.29, 1.82) is 0 Å². The Morgan fingerprint density at radius 3 is 2.52 bits per heavy atom. The molecule has 0 aliphatic carbocycles. The van der Waals surface area contributed by atoms with Gasteiger partial charge in [-0.25, -0.2) is 4.79 Å². The Hall–Kier alpha value is -3.26. The lowest BCUT2D eigenvalue weighted by molar-refractivity contribution is 0.0466. The number of aromatic nitrogens is 4. The van der Waals surface area contributed by atoms with E-state index < -0.39 is 18.4 Å². The number of halogens is 1. The molecule has 3 rings (SSSR count). The third-order valence-corrected chi connectivity index (χ3v) is 4.65. The Bertz CT molecular complexity index is 1130. The summed E-state index contributed by atoms with van der Waals surface area (Å²) in [7, 11) is 0. The first-order valence-electron chi connectivity index (χ1n) is 8.79. The molecule has 0 saturated carbocycles. The van der Waals surface area contributed by atoms with Gasteiger partial charge in [-0.15, -0.1) is 5.10 Å². The number of aryl methyl sites for hydroxylation is 2. The first-order chi connectivity index (χ1) is 13.7. The van der Waals surface area contributed by atoms with E-state index in [1.54, 1.807) is 45.0 Å². The maximum absolute atomic E-state index is 12.5. The number of benzene rings is 1. The number of ether oxygens (including phenoxy) is 1. The molecule has 1 aromatic carbocycles. The number of hydrogen-bond donors (Lipinski definition) is 1. The first-order valence-corrected chi connectivity index (χ1v) is 9.17. The molecule has 0 aliphatic rings. The summed E-state index contributed by atoms with van der Waals surface area (Å²) in [4.78, 5) is 40.7.